The predicted octanol–water partition coefficient (Wildman–Crippen LogP) is 1.86. The van der Waals surface area contributed by atoms with Crippen LogP contribution in [-0.4, -0.2) is 23.5 Å². The SMILES string of the molecule is CCOC(=O)N/N=C(\C)c1ccccc1O. The summed E-state index contributed by atoms with van der Waals surface area (Å²) >= 11 is 0. The molecule has 0 aliphatic heterocycles. The lowest BCUT2D eigenvalue weighted by atomic mass is 10.1. The van der Waals surface area contributed by atoms with Gasteiger partial charge in [-0.2, -0.15) is 5.10 Å². The molecule has 0 unspecified atom stereocenters. The summed E-state index contributed by atoms with van der Waals surface area (Å²) in [5.74, 6) is 0.120. The number of ether oxygens (including phenoxy) is 1. The number of nitrogens with zero attached hydrogens (tertiary/aromatic N) is 1. The molecule has 0 fully saturated rings. The summed E-state index contributed by atoms with van der Waals surface area (Å²) in [5, 5.41) is 13.3. The van der Waals surface area contributed by atoms with Gasteiger partial charge in [-0.15, -0.1) is 0 Å². The van der Waals surface area contributed by atoms with Crippen LogP contribution in [0.25, 0.3) is 0 Å². The number of nitrogens with one attached hydrogen (secondary N) is 1. The van der Waals surface area contributed by atoms with Crippen molar-refractivity contribution in [2.75, 3.05) is 6.61 Å². The minimum absolute atomic E-state index is 0.120. The molecule has 0 radical (unpaired) electrons. The molecule has 0 spiro atoms. The van der Waals surface area contributed by atoms with Gasteiger partial charge in [-0.3, -0.25) is 0 Å². The van der Waals surface area contributed by atoms with Crippen LogP contribution in [0.15, 0.2) is 29.4 Å². The van der Waals surface area contributed by atoms with Crippen molar-refractivity contribution in [3.05, 3.63) is 29.8 Å². The van der Waals surface area contributed by atoms with E-state index in [1.165, 1.54) is 0 Å². The first-order valence-corrected chi connectivity index (χ1v) is 4.90. The summed E-state index contributed by atoms with van der Waals surface area (Å²) in [6.45, 7) is 3.68. The van der Waals surface area contributed by atoms with Gasteiger partial charge in [0.1, 0.15) is 5.75 Å². The molecule has 5 heteroatoms. The van der Waals surface area contributed by atoms with Gasteiger partial charge in [0.2, 0.25) is 0 Å². The van der Waals surface area contributed by atoms with E-state index in [1.54, 1.807) is 38.1 Å². The second-order valence-corrected chi connectivity index (χ2v) is 3.05. The van der Waals surface area contributed by atoms with E-state index in [0.29, 0.717) is 11.3 Å². The Kier molecular flexibility index (Phi) is 4.32. The Balaban J connectivity index is 2.71. The third kappa shape index (κ3) is 3.27. The molecule has 0 aromatic heterocycles. The minimum Gasteiger partial charge on any atom is -0.507 e. The fourth-order valence-corrected chi connectivity index (χ4v) is 1.13. The molecule has 0 atom stereocenters. The summed E-state index contributed by atoms with van der Waals surface area (Å²) in [4.78, 5) is 11.0. The van der Waals surface area contributed by atoms with E-state index >= 15 is 0 Å². The van der Waals surface area contributed by atoms with Gasteiger partial charge in [-0.1, -0.05) is 12.1 Å². The second-order valence-electron chi connectivity index (χ2n) is 3.05. The van der Waals surface area contributed by atoms with Crippen LogP contribution in [0.3, 0.4) is 0 Å². The molecule has 16 heavy (non-hydrogen) atoms. The van der Waals surface area contributed by atoms with Gasteiger partial charge < -0.3 is 9.84 Å². The number of amides is 1. The minimum atomic E-state index is -0.614. The van der Waals surface area contributed by atoms with Gasteiger partial charge in [0.25, 0.3) is 0 Å². The molecule has 0 aliphatic rings. The van der Waals surface area contributed by atoms with Crippen LogP contribution in [0.4, 0.5) is 4.79 Å². The molecule has 1 aromatic rings. The second kappa shape index (κ2) is 5.75. The molecule has 2 N–H and O–H groups in total. The summed E-state index contributed by atoms with van der Waals surface area (Å²) in [6.07, 6.45) is -0.614. The van der Waals surface area contributed by atoms with Crippen LogP contribution in [-0.2, 0) is 4.74 Å². The lowest BCUT2D eigenvalue weighted by Crippen LogP contribution is -2.20. The quantitative estimate of drug-likeness (QED) is 0.605. The van der Waals surface area contributed by atoms with Gasteiger partial charge >= 0.3 is 6.09 Å². The molecule has 1 rings (SSSR count). The fourth-order valence-electron chi connectivity index (χ4n) is 1.13. The average Bonchev–Trinajstić information content (AvgIpc) is 2.27. The number of phenols is 1. The topological polar surface area (TPSA) is 70.9 Å². The average molecular weight is 222 g/mol. The smallest absolute Gasteiger partial charge is 0.427 e. The zero-order valence-electron chi connectivity index (χ0n) is 9.23. The number of benzene rings is 1. The highest BCUT2D eigenvalue weighted by Crippen LogP contribution is 2.15. The molecule has 86 valence electrons. The summed E-state index contributed by atoms with van der Waals surface area (Å²) < 4.78 is 4.64. The Labute approximate surface area is 93.7 Å². The molecular weight excluding hydrogens is 208 g/mol. The van der Waals surface area contributed by atoms with Crippen molar-refractivity contribution in [1.82, 2.24) is 5.43 Å². The van der Waals surface area contributed by atoms with E-state index in [4.69, 9.17) is 0 Å². The van der Waals surface area contributed by atoms with Crippen LogP contribution in [0.1, 0.15) is 19.4 Å². The third-order valence-electron chi connectivity index (χ3n) is 1.88. The van der Waals surface area contributed by atoms with Crippen LogP contribution < -0.4 is 5.43 Å². The zero-order chi connectivity index (χ0) is 12.0. The maximum absolute atomic E-state index is 11.0. The Hall–Kier alpha value is -2.04. The molecule has 0 bridgehead atoms. The van der Waals surface area contributed by atoms with Gasteiger partial charge in [-0.25, -0.2) is 10.2 Å². The highest BCUT2D eigenvalue weighted by atomic mass is 16.5. The van der Waals surface area contributed by atoms with E-state index in [-0.39, 0.29) is 12.4 Å². The number of carbonyl (C=O) groups is 1. The summed E-state index contributed by atoms with van der Waals surface area (Å²) in [7, 11) is 0. The Morgan fingerprint density at radius 3 is 2.81 bits per heavy atom. The number of phenolic OH excluding ortho intramolecular Hbond substituents is 1. The number of hydrazone groups is 1. The Morgan fingerprint density at radius 1 is 1.50 bits per heavy atom. The molecule has 0 heterocycles. The maximum Gasteiger partial charge on any atom is 0.427 e. The number of hydrogen-bond donors (Lipinski definition) is 2. The Bertz CT molecular complexity index is 402. The molecule has 1 amide bonds. The molecular formula is C11H14N2O3. The van der Waals surface area contributed by atoms with E-state index < -0.39 is 6.09 Å². The highest BCUT2D eigenvalue weighted by Gasteiger charge is 2.04. The molecule has 0 saturated heterocycles. The number of rotatable bonds is 3. The zero-order valence-corrected chi connectivity index (χ0v) is 9.23. The lowest BCUT2D eigenvalue weighted by molar-refractivity contribution is 0.152. The number of para-hydroxylation sites is 1. The largest absolute Gasteiger partial charge is 0.507 e. The fraction of sp³-hybridized carbons (Fsp3) is 0.273. The molecule has 0 aliphatic carbocycles. The number of aromatic hydroxyl groups is 1. The number of hydrogen-bond acceptors (Lipinski definition) is 4. The monoisotopic (exact) mass is 222 g/mol. The van der Waals surface area contributed by atoms with Crippen molar-refractivity contribution in [2.45, 2.75) is 13.8 Å². The molecule has 5 nitrogen and oxygen atoms in total. The standard InChI is InChI=1S/C11H14N2O3/c1-3-16-11(15)13-12-8(2)9-6-4-5-7-10(9)14/h4-7,14H,3H2,1-2H3,(H,13,15)/b12-8+. The van der Waals surface area contributed by atoms with Crippen molar-refractivity contribution in [3.63, 3.8) is 0 Å². The van der Waals surface area contributed by atoms with Crippen molar-refractivity contribution >= 4 is 11.8 Å². The maximum atomic E-state index is 11.0. The van der Waals surface area contributed by atoms with Crippen molar-refractivity contribution in [3.8, 4) is 5.75 Å². The Morgan fingerprint density at radius 2 is 2.19 bits per heavy atom. The van der Waals surface area contributed by atoms with Crippen LogP contribution in [0.5, 0.6) is 5.75 Å². The van der Waals surface area contributed by atoms with E-state index in [2.05, 4.69) is 15.3 Å². The normalized spacial score (nSPS) is 11.0. The van der Waals surface area contributed by atoms with E-state index in [1.807, 2.05) is 0 Å². The molecule has 0 saturated carbocycles. The number of carbonyl (C=O) groups excluding carboxylic acids is 1. The first-order valence-electron chi connectivity index (χ1n) is 4.90. The highest BCUT2D eigenvalue weighted by molar-refractivity contribution is 6.01. The molecule has 1 aromatic carbocycles. The van der Waals surface area contributed by atoms with Gasteiger partial charge in [0.15, 0.2) is 0 Å². The van der Waals surface area contributed by atoms with Gasteiger partial charge in [0.05, 0.1) is 12.3 Å². The van der Waals surface area contributed by atoms with Crippen molar-refractivity contribution in [2.24, 2.45) is 5.10 Å². The van der Waals surface area contributed by atoms with Crippen molar-refractivity contribution in [1.29, 1.82) is 0 Å². The van der Waals surface area contributed by atoms with Crippen LogP contribution in [0.2, 0.25) is 0 Å². The van der Waals surface area contributed by atoms with Gasteiger partial charge in [-0.05, 0) is 26.0 Å². The lowest BCUT2D eigenvalue weighted by Gasteiger charge is -2.04. The first kappa shape index (κ1) is 12.0. The van der Waals surface area contributed by atoms with E-state index in [9.17, 15) is 9.90 Å². The predicted molar refractivity (Wildman–Crippen MR) is 60.5 cm³/mol. The summed E-state index contributed by atoms with van der Waals surface area (Å²) in [5.41, 5.74) is 3.30. The third-order valence-corrected chi connectivity index (χ3v) is 1.88. The van der Waals surface area contributed by atoms with E-state index in [0.717, 1.165) is 0 Å². The van der Waals surface area contributed by atoms with Crippen LogP contribution >= 0.6 is 0 Å². The van der Waals surface area contributed by atoms with Gasteiger partial charge in [0, 0.05) is 5.56 Å². The summed E-state index contributed by atoms with van der Waals surface area (Å²) in [6, 6.07) is 6.75. The first-order chi connectivity index (χ1) is 7.65. The van der Waals surface area contributed by atoms with Crippen molar-refractivity contribution < 1.29 is 14.6 Å². The van der Waals surface area contributed by atoms with Crippen LogP contribution in [0, 0.1) is 0 Å².